The Hall–Kier alpha value is -2.80. The van der Waals surface area contributed by atoms with Crippen molar-refractivity contribution < 1.29 is 14.3 Å². The number of nitrogens with two attached hydrogens (primary N) is 1. The highest BCUT2D eigenvalue weighted by Crippen LogP contribution is 2.19. The second kappa shape index (κ2) is 7.85. The first-order chi connectivity index (χ1) is 12.1. The Bertz CT molecular complexity index is 836. The molecule has 1 aliphatic heterocycles. The molecule has 0 fully saturated rings. The van der Waals surface area contributed by atoms with Gasteiger partial charge in [0.15, 0.2) is 5.17 Å². The average Bonchev–Trinajstić information content (AvgIpc) is 3.13. The molecule has 0 spiro atoms. The van der Waals surface area contributed by atoms with Crippen molar-refractivity contribution in [2.45, 2.75) is 6.61 Å². The number of thioether (sulfide) groups is 1. The number of ether oxygens (including phenoxy) is 1. The predicted molar refractivity (Wildman–Crippen MR) is 98.0 cm³/mol. The molecule has 2 aromatic rings. The van der Waals surface area contributed by atoms with Crippen molar-refractivity contribution >= 4 is 28.7 Å². The van der Waals surface area contributed by atoms with E-state index in [0.717, 1.165) is 17.9 Å². The van der Waals surface area contributed by atoms with Crippen LogP contribution in [0.1, 0.15) is 26.3 Å². The number of amidine groups is 1. The van der Waals surface area contributed by atoms with Gasteiger partial charge in [-0.15, -0.1) is 0 Å². The number of hydrogen-bond acceptors (Lipinski definition) is 5. The van der Waals surface area contributed by atoms with Crippen LogP contribution < -0.4 is 15.8 Å². The summed E-state index contributed by atoms with van der Waals surface area (Å²) in [6.07, 6.45) is 0. The number of nitrogens with one attached hydrogen (secondary N) is 1. The van der Waals surface area contributed by atoms with Gasteiger partial charge < -0.3 is 15.8 Å². The van der Waals surface area contributed by atoms with Crippen molar-refractivity contribution in [3.63, 3.8) is 0 Å². The van der Waals surface area contributed by atoms with Gasteiger partial charge in [0.1, 0.15) is 12.4 Å². The highest BCUT2D eigenvalue weighted by molar-refractivity contribution is 8.14. The summed E-state index contributed by atoms with van der Waals surface area (Å²) < 4.78 is 5.69. The van der Waals surface area contributed by atoms with Crippen molar-refractivity contribution in [3.8, 4) is 5.75 Å². The largest absolute Gasteiger partial charge is 0.488 e. The van der Waals surface area contributed by atoms with Gasteiger partial charge in [-0.1, -0.05) is 36.0 Å². The van der Waals surface area contributed by atoms with Crippen LogP contribution in [0.3, 0.4) is 0 Å². The van der Waals surface area contributed by atoms with Crippen LogP contribution in [-0.4, -0.2) is 29.3 Å². The first-order valence-corrected chi connectivity index (χ1v) is 8.71. The molecular weight excluding hydrogens is 338 g/mol. The number of amides is 2. The third-order valence-electron chi connectivity index (χ3n) is 3.54. The van der Waals surface area contributed by atoms with Crippen molar-refractivity contribution in [1.29, 1.82) is 0 Å². The first kappa shape index (κ1) is 17.0. The van der Waals surface area contributed by atoms with Gasteiger partial charge in [0, 0.05) is 11.3 Å². The van der Waals surface area contributed by atoms with E-state index in [2.05, 4.69) is 10.3 Å². The SMILES string of the molecule is NC(=O)c1ccccc1OCc1cccc(C(=O)NC2=NCCS2)c1. The van der Waals surface area contributed by atoms with Gasteiger partial charge in [0.05, 0.1) is 12.1 Å². The number of benzene rings is 2. The van der Waals surface area contributed by atoms with Crippen LogP contribution in [-0.2, 0) is 6.61 Å². The van der Waals surface area contributed by atoms with Gasteiger partial charge >= 0.3 is 0 Å². The van der Waals surface area contributed by atoms with E-state index in [0.29, 0.717) is 22.0 Å². The van der Waals surface area contributed by atoms with E-state index in [9.17, 15) is 9.59 Å². The molecule has 0 aliphatic carbocycles. The van der Waals surface area contributed by atoms with Gasteiger partial charge in [-0.25, -0.2) is 0 Å². The van der Waals surface area contributed by atoms with Gasteiger partial charge in [0.25, 0.3) is 11.8 Å². The minimum atomic E-state index is -0.543. The third kappa shape index (κ3) is 4.39. The van der Waals surface area contributed by atoms with Crippen molar-refractivity contribution in [2.75, 3.05) is 12.3 Å². The van der Waals surface area contributed by atoms with Crippen LogP contribution in [0.25, 0.3) is 0 Å². The standard InChI is InChI=1S/C18H17N3O3S/c19-16(22)14-6-1-2-7-15(14)24-11-12-4-3-5-13(10-12)17(23)21-18-20-8-9-25-18/h1-7,10H,8-9,11H2,(H2,19,22)(H,20,21,23). The molecule has 2 amide bonds. The number of carbonyl (C=O) groups is 2. The third-order valence-corrected chi connectivity index (χ3v) is 4.43. The molecule has 0 saturated heterocycles. The van der Waals surface area contributed by atoms with E-state index in [1.165, 1.54) is 11.8 Å². The van der Waals surface area contributed by atoms with E-state index in [4.69, 9.17) is 10.5 Å². The number of aliphatic imine (C=N–C) groups is 1. The lowest BCUT2D eigenvalue weighted by atomic mass is 10.1. The molecular formula is C18H17N3O3S. The topological polar surface area (TPSA) is 93.8 Å². The van der Waals surface area contributed by atoms with Gasteiger partial charge in [-0.2, -0.15) is 0 Å². The monoisotopic (exact) mass is 355 g/mol. The molecule has 0 aromatic heterocycles. The maximum Gasteiger partial charge on any atom is 0.257 e. The van der Waals surface area contributed by atoms with E-state index >= 15 is 0 Å². The Morgan fingerprint density at radius 3 is 2.80 bits per heavy atom. The minimum Gasteiger partial charge on any atom is -0.488 e. The fourth-order valence-electron chi connectivity index (χ4n) is 2.34. The van der Waals surface area contributed by atoms with Crippen molar-refractivity contribution in [1.82, 2.24) is 5.32 Å². The fraction of sp³-hybridized carbons (Fsp3) is 0.167. The Labute approximate surface area is 149 Å². The molecule has 7 heteroatoms. The number of carbonyl (C=O) groups excluding carboxylic acids is 2. The summed E-state index contributed by atoms with van der Waals surface area (Å²) in [5.41, 5.74) is 7.01. The smallest absolute Gasteiger partial charge is 0.257 e. The summed E-state index contributed by atoms with van der Waals surface area (Å²) in [6.45, 7) is 0.953. The van der Waals surface area contributed by atoms with Crippen molar-refractivity contribution in [2.24, 2.45) is 10.7 Å². The molecule has 1 aliphatic rings. The molecule has 3 rings (SSSR count). The summed E-state index contributed by atoms with van der Waals surface area (Å²) in [5.74, 6) is 0.565. The quantitative estimate of drug-likeness (QED) is 0.860. The molecule has 0 unspecified atom stereocenters. The summed E-state index contributed by atoms with van der Waals surface area (Å²) in [4.78, 5) is 27.9. The molecule has 1 heterocycles. The van der Waals surface area contributed by atoms with Gasteiger partial charge in [0.2, 0.25) is 0 Å². The highest BCUT2D eigenvalue weighted by Gasteiger charge is 2.13. The molecule has 3 N–H and O–H groups in total. The molecule has 25 heavy (non-hydrogen) atoms. The lowest BCUT2D eigenvalue weighted by Gasteiger charge is -2.10. The molecule has 0 saturated carbocycles. The maximum absolute atomic E-state index is 12.3. The van der Waals surface area contributed by atoms with E-state index in [-0.39, 0.29) is 12.5 Å². The van der Waals surface area contributed by atoms with Crippen LogP contribution in [0.2, 0.25) is 0 Å². The molecule has 0 atom stereocenters. The van der Waals surface area contributed by atoms with Crippen LogP contribution in [0.15, 0.2) is 53.5 Å². The van der Waals surface area contributed by atoms with E-state index < -0.39 is 5.91 Å². The van der Waals surface area contributed by atoms with E-state index in [1.54, 1.807) is 42.5 Å². The number of rotatable bonds is 5. The van der Waals surface area contributed by atoms with Gasteiger partial charge in [-0.05, 0) is 29.8 Å². The molecule has 2 aromatic carbocycles. The number of para-hydroxylation sites is 1. The zero-order chi connectivity index (χ0) is 17.6. The Morgan fingerprint density at radius 1 is 1.20 bits per heavy atom. The zero-order valence-corrected chi connectivity index (χ0v) is 14.2. The van der Waals surface area contributed by atoms with Gasteiger partial charge in [-0.3, -0.25) is 14.6 Å². The molecule has 0 bridgehead atoms. The Balaban J connectivity index is 1.68. The fourth-order valence-corrected chi connectivity index (χ4v) is 3.06. The lowest BCUT2D eigenvalue weighted by Crippen LogP contribution is -2.27. The zero-order valence-electron chi connectivity index (χ0n) is 13.4. The van der Waals surface area contributed by atoms with Crippen LogP contribution >= 0.6 is 11.8 Å². The maximum atomic E-state index is 12.3. The Morgan fingerprint density at radius 2 is 2.04 bits per heavy atom. The van der Waals surface area contributed by atoms with Crippen molar-refractivity contribution in [3.05, 3.63) is 65.2 Å². The molecule has 6 nitrogen and oxygen atoms in total. The summed E-state index contributed by atoms with van der Waals surface area (Å²) in [5, 5.41) is 3.45. The first-order valence-electron chi connectivity index (χ1n) is 7.72. The molecule has 0 radical (unpaired) electrons. The number of primary amides is 1. The second-order valence-corrected chi connectivity index (χ2v) is 6.42. The number of nitrogens with zero attached hydrogens (tertiary/aromatic N) is 1. The van der Waals surface area contributed by atoms with Crippen LogP contribution in [0, 0.1) is 0 Å². The predicted octanol–water partition coefficient (Wildman–Crippen LogP) is 2.20. The van der Waals surface area contributed by atoms with Crippen LogP contribution in [0.4, 0.5) is 0 Å². The number of hydrogen-bond donors (Lipinski definition) is 2. The summed E-state index contributed by atoms with van der Waals surface area (Å²) in [7, 11) is 0. The second-order valence-electron chi connectivity index (χ2n) is 5.34. The summed E-state index contributed by atoms with van der Waals surface area (Å²) >= 11 is 1.53. The lowest BCUT2D eigenvalue weighted by molar-refractivity contribution is 0.0975. The minimum absolute atomic E-state index is 0.201. The average molecular weight is 355 g/mol. The van der Waals surface area contributed by atoms with E-state index in [1.807, 2.05) is 6.07 Å². The summed E-state index contributed by atoms with van der Waals surface area (Å²) in [6, 6.07) is 13.9. The van der Waals surface area contributed by atoms with Crippen LogP contribution in [0.5, 0.6) is 5.75 Å². The Kier molecular flexibility index (Phi) is 5.35. The molecule has 128 valence electrons. The highest BCUT2D eigenvalue weighted by atomic mass is 32.2. The normalized spacial score (nSPS) is 13.2.